The molecule has 26 heavy (non-hydrogen) atoms. The van der Waals surface area contributed by atoms with E-state index >= 15 is 0 Å². The van der Waals surface area contributed by atoms with Gasteiger partial charge in [-0.25, -0.2) is 4.79 Å². The summed E-state index contributed by atoms with van der Waals surface area (Å²) in [4.78, 5) is 12.9. The minimum absolute atomic E-state index is 0.340. The van der Waals surface area contributed by atoms with Gasteiger partial charge in [0, 0.05) is 5.41 Å². The van der Waals surface area contributed by atoms with Crippen LogP contribution in [-0.4, -0.2) is 23.3 Å². The molecular weight excluding hydrogens is 324 g/mol. The Morgan fingerprint density at radius 1 is 1.00 bits per heavy atom. The van der Waals surface area contributed by atoms with Crippen molar-refractivity contribution < 1.29 is 14.6 Å². The summed E-state index contributed by atoms with van der Waals surface area (Å²) in [6.07, 6.45) is 7.29. The van der Waals surface area contributed by atoms with Crippen molar-refractivity contribution in [2.24, 2.45) is 40.4 Å². The first kappa shape index (κ1) is 20.2. The van der Waals surface area contributed by atoms with E-state index in [4.69, 9.17) is 4.74 Å². The van der Waals surface area contributed by atoms with Gasteiger partial charge in [0.1, 0.15) is 0 Å². The monoisotopic (exact) mass is 364 g/mol. The zero-order valence-electron chi connectivity index (χ0n) is 17.8. The van der Waals surface area contributed by atoms with Crippen molar-refractivity contribution in [3.8, 4) is 0 Å². The Bertz CT molecular complexity index is 542. The van der Waals surface area contributed by atoms with Gasteiger partial charge in [-0.15, -0.1) is 0 Å². The van der Waals surface area contributed by atoms with Crippen LogP contribution in [0.1, 0.15) is 86.5 Å². The molecule has 150 valence electrons. The van der Waals surface area contributed by atoms with Crippen molar-refractivity contribution >= 4 is 5.97 Å². The number of hydrogen-bond acceptors (Lipinski definition) is 3. The van der Waals surface area contributed by atoms with Crippen LogP contribution >= 0.6 is 0 Å². The SMILES string of the molecule is CCOC(=O)C1(O)CC[C@@H](C)[C@H]2C[C@@H]3CC[C@@H](C)[C@H](CC[C@@]21C)C3(C)C. The zero-order chi connectivity index (χ0) is 19.3. The fraction of sp³-hybridized carbons (Fsp3) is 0.957. The molecule has 0 saturated heterocycles. The summed E-state index contributed by atoms with van der Waals surface area (Å²) in [7, 11) is 0. The number of aliphatic hydroxyl groups is 1. The van der Waals surface area contributed by atoms with Crippen LogP contribution in [0.15, 0.2) is 0 Å². The third kappa shape index (κ3) is 2.84. The van der Waals surface area contributed by atoms with Gasteiger partial charge >= 0.3 is 5.97 Å². The third-order valence-electron chi connectivity index (χ3n) is 9.20. The first-order valence-corrected chi connectivity index (χ1v) is 11.0. The molecule has 7 atom stereocenters. The van der Waals surface area contributed by atoms with Crippen molar-refractivity contribution in [3.63, 3.8) is 0 Å². The molecular formula is C23H40O3. The van der Waals surface area contributed by atoms with Gasteiger partial charge in [-0.05, 0) is 80.5 Å². The lowest BCUT2D eigenvalue weighted by Crippen LogP contribution is -2.62. The van der Waals surface area contributed by atoms with Crippen LogP contribution in [0.4, 0.5) is 0 Å². The van der Waals surface area contributed by atoms with Crippen molar-refractivity contribution in [3.05, 3.63) is 0 Å². The molecule has 0 aromatic rings. The largest absolute Gasteiger partial charge is 0.464 e. The third-order valence-corrected chi connectivity index (χ3v) is 9.20. The van der Waals surface area contributed by atoms with E-state index in [9.17, 15) is 9.90 Å². The second-order valence-corrected chi connectivity index (χ2v) is 10.6. The minimum atomic E-state index is -1.32. The number of carbonyl (C=O) groups is 1. The van der Waals surface area contributed by atoms with Crippen molar-refractivity contribution in [1.29, 1.82) is 0 Å². The zero-order valence-corrected chi connectivity index (χ0v) is 17.8. The molecule has 0 spiro atoms. The molecule has 1 unspecified atom stereocenters. The first-order valence-electron chi connectivity index (χ1n) is 11.0. The predicted octanol–water partition coefficient (Wildman–Crippen LogP) is 5.21. The van der Waals surface area contributed by atoms with E-state index in [-0.39, 0.29) is 11.4 Å². The second kappa shape index (κ2) is 6.79. The first-order chi connectivity index (χ1) is 12.1. The van der Waals surface area contributed by atoms with Gasteiger partial charge in [-0.3, -0.25) is 0 Å². The molecule has 3 heteroatoms. The van der Waals surface area contributed by atoms with Crippen LogP contribution in [-0.2, 0) is 9.53 Å². The van der Waals surface area contributed by atoms with Gasteiger partial charge < -0.3 is 9.84 Å². The normalized spacial score (nSPS) is 48.0. The lowest BCUT2D eigenvalue weighted by atomic mass is 9.45. The lowest BCUT2D eigenvalue weighted by molar-refractivity contribution is -0.210. The van der Waals surface area contributed by atoms with Gasteiger partial charge in [0.05, 0.1) is 6.61 Å². The summed E-state index contributed by atoms with van der Waals surface area (Å²) in [6.45, 7) is 14.1. The highest BCUT2D eigenvalue weighted by molar-refractivity contribution is 5.80. The molecule has 0 aromatic carbocycles. The quantitative estimate of drug-likeness (QED) is 0.685. The van der Waals surface area contributed by atoms with Gasteiger partial charge in [0.15, 0.2) is 5.60 Å². The van der Waals surface area contributed by atoms with Crippen LogP contribution in [0.5, 0.6) is 0 Å². The van der Waals surface area contributed by atoms with E-state index in [1.807, 2.05) is 6.92 Å². The van der Waals surface area contributed by atoms with E-state index in [1.54, 1.807) is 0 Å². The topological polar surface area (TPSA) is 46.5 Å². The van der Waals surface area contributed by atoms with Crippen molar-refractivity contribution in [1.82, 2.24) is 0 Å². The van der Waals surface area contributed by atoms with Gasteiger partial charge in [-0.1, -0.05) is 41.0 Å². The van der Waals surface area contributed by atoms with E-state index in [2.05, 4.69) is 34.6 Å². The van der Waals surface area contributed by atoms with Gasteiger partial charge in [0.25, 0.3) is 0 Å². The summed E-state index contributed by atoms with van der Waals surface area (Å²) in [5.74, 6) is 2.68. The highest BCUT2D eigenvalue weighted by Crippen LogP contribution is 2.62. The fourth-order valence-corrected chi connectivity index (χ4v) is 7.24. The van der Waals surface area contributed by atoms with Gasteiger partial charge in [-0.2, -0.15) is 0 Å². The Morgan fingerprint density at radius 2 is 1.65 bits per heavy atom. The van der Waals surface area contributed by atoms with E-state index in [0.717, 1.165) is 31.6 Å². The number of carbonyl (C=O) groups excluding carboxylic acids is 1. The molecule has 3 nitrogen and oxygen atoms in total. The summed E-state index contributed by atoms with van der Waals surface area (Å²) < 4.78 is 5.37. The molecule has 0 heterocycles. The predicted molar refractivity (Wildman–Crippen MR) is 105 cm³/mol. The average Bonchev–Trinajstić information content (AvgIpc) is 2.56. The van der Waals surface area contributed by atoms with Crippen molar-refractivity contribution in [2.75, 3.05) is 6.61 Å². The molecule has 0 aliphatic heterocycles. The molecule has 3 aliphatic carbocycles. The molecule has 0 amide bonds. The highest BCUT2D eigenvalue weighted by atomic mass is 16.5. The maximum atomic E-state index is 12.9. The summed E-state index contributed by atoms with van der Waals surface area (Å²) in [5.41, 5.74) is -1.33. The fourth-order valence-electron chi connectivity index (χ4n) is 7.24. The molecule has 2 bridgehead atoms. The number of fused-ring (bicyclic) bond motifs is 3. The summed E-state index contributed by atoms with van der Waals surface area (Å²) >= 11 is 0. The number of rotatable bonds is 2. The minimum Gasteiger partial charge on any atom is -0.464 e. The Balaban J connectivity index is 2.01. The number of ether oxygens (including phenoxy) is 1. The average molecular weight is 365 g/mol. The summed E-state index contributed by atoms with van der Waals surface area (Å²) in [5, 5.41) is 11.6. The van der Waals surface area contributed by atoms with Crippen LogP contribution in [0.25, 0.3) is 0 Å². The smallest absolute Gasteiger partial charge is 0.338 e. The molecule has 3 rings (SSSR count). The molecule has 3 aliphatic rings. The second-order valence-electron chi connectivity index (χ2n) is 10.6. The number of esters is 1. The highest BCUT2D eigenvalue weighted by Gasteiger charge is 2.62. The Labute approximate surface area is 160 Å². The Kier molecular flexibility index (Phi) is 5.27. The molecule has 0 radical (unpaired) electrons. The van der Waals surface area contributed by atoms with Crippen molar-refractivity contribution in [2.45, 2.75) is 92.1 Å². The van der Waals surface area contributed by atoms with Crippen LogP contribution in [0.2, 0.25) is 0 Å². The van der Waals surface area contributed by atoms with E-state index in [0.29, 0.717) is 42.1 Å². The van der Waals surface area contributed by atoms with Crippen LogP contribution in [0, 0.1) is 40.4 Å². The molecule has 3 saturated carbocycles. The molecule has 0 aromatic heterocycles. The maximum Gasteiger partial charge on any atom is 0.338 e. The van der Waals surface area contributed by atoms with Crippen LogP contribution < -0.4 is 0 Å². The maximum absolute atomic E-state index is 12.9. The van der Waals surface area contributed by atoms with Crippen LogP contribution in [0.3, 0.4) is 0 Å². The summed E-state index contributed by atoms with van der Waals surface area (Å²) in [6, 6.07) is 0. The van der Waals surface area contributed by atoms with Gasteiger partial charge in [0.2, 0.25) is 0 Å². The lowest BCUT2D eigenvalue weighted by Gasteiger charge is -2.60. The Morgan fingerprint density at radius 3 is 2.31 bits per heavy atom. The van der Waals surface area contributed by atoms with E-state index < -0.39 is 5.60 Å². The number of hydrogen-bond donors (Lipinski definition) is 1. The standard InChI is InChI=1S/C23H40O3/c1-7-26-20(24)23(25)13-10-16(3)19-14-17-9-8-15(2)18(21(17,4)5)11-12-22(19,23)6/h15-19,25H,7-14H2,1-6H3/t15-,16-,17+,18+,19-,22+,23?/m1/s1. The molecule has 3 fully saturated rings. The van der Waals surface area contributed by atoms with E-state index in [1.165, 1.54) is 12.8 Å². The molecule has 1 N–H and O–H groups in total. The Hall–Kier alpha value is -0.570.